The fraction of sp³-hybridized carbons (Fsp3) is 0.296. The summed E-state index contributed by atoms with van der Waals surface area (Å²) in [4.78, 5) is 31.1. The van der Waals surface area contributed by atoms with Crippen molar-refractivity contribution in [3.63, 3.8) is 0 Å². The number of likely N-dealkylation sites (tertiary alicyclic amines) is 1. The van der Waals surface area contributed by atoms with Gasteiger partial charge in [-0.3, -0.25) is 19.1 Å². The first-order valence-electron chi connectivity index (χ1n) is 11.8. The lowest BCUT2D eigenvalue weighted by Gasteiger charge is -2.33. The lowest BCUT2D eigenvalue weighted by atomic mass is 9.86. The van der Waals surface area contributed by atoms with Crippen molar-refractivity contribution in [3.05, 3.63) is 81.2 Å². The van der Waals surface area contributed by atoms with E-state index < -0.39 is 17.3 Å². The van der Waals surface area contributed by atoms with Gasteiger partial charge < -0.3 is 4.90 Å². The van der Waals surface area contributed by atoms with E-state index in [2.05, 4.69) is 4.98 Å². The van der Waals surface area contributed by atoms with Crippen molar-refractivity contribution in [2.24, 2.45) is 0 Å². The first kappa shape index (κ1) is 24.3. The number of nitrogens with zero attached hydrogens (tertiary/aromatic N) is 3. The van der Waals surface area contributed by atoms with E-state index >= 15 is 0 Å². The number of halogens is 4. The van der Waals surface area contributed by atoms with E-state index in [1.165, 1.54) is 16.7 Å². The highest BCUT2D eigenvalue weighted by molar-refractivity contribution is 6.31. The van der Waals surface area contributed by atoms with Crippen molar-refractivity contribution in [2.75, 3.05) is 13.1 Å². The summed E-state index contributed by atoms with van der Waals surface area (Å²) in [6.45, 7) is 2.63. The van der Waals surface area contributed by atoms with Gasteiger partial charge in [0.2, 0.25) is 5.91 Å². The highest BCUT2D eigenvalue weighted by atomic mass is 35.5. The van der Waals surface area contributed by atoms with Gasteiger partial charge in [0.05, 0.1) is 16.6 Å². The predicted octanol–water partition coefficient (Wildman–Crippen LogP) is 6.33. The molecule has 3 heterocycles. The molecule has 1 amide bonds. The number of fused-ring (bicyclic) bond motifs is 3. The molecule has 9 heteroatoms. The molecule has 5 rings (SSSR count). The summed E-state index contributed by atoms with van der Waals surface area (Å²) in [5, 5.41) is 1.61. The Morgan fingerprint density at radius 1 is 1.08 bits per heavy atom. The molecular weight excluding hydrogens is 491 g/mol. The summed E-state index contributed by atoms with van der Waals surface area (Å²) >= 11 is 6.20. The number of alkyl halides is 3. The van der Waals surface area contributed by atoms with Crippen molar-refractivity contribution >= 4 is 39.3 Å². The van der Waals surface area contributed by atoms with Gasteiger partial charge in [-0.2, -0.15) is 13.2 Å². The first-order chi connectivity index (χ1) is 17.2. The number of piperidine rings is 1. The molecule has 5 nitrogen and oxygen atoms in total. The van der Waals surface area contributed by atoms with E-state index in [4.69, 9.17) is 11.6 Å². The number of rotatable bonds is 3. The Labute approximate surface area is 210 Å². The van der Waals surface area contributed by atoms with Crippen molar-refractivity contribution in [2.45, 2.75) is 38.3 Å². The lowest BCUT2D eigenvalue weighted by Crippen LogP contribution is -2.37. The minimum atomic E-state index is -4.61. The normalized spacial score (nSPS) is 15.1. The summed E-state index contributed by atoms with van der Waals surface area (Å²) in [5.74, 6) is -0.318. The fourth-order valence-electron chi connectivity index (χ4n) is 5.09. The minimum Gasteiger partial charge on any atom is -0.343 e. The van der Waals surface area contributed by atoms with Gasteiger partial charge in [0.1, 0.15) is 0 Å². The van der Waals surface area contributed by atoms with Gasteiger partial charge in [-0.25, -0.2) is 0 Å². The quantitative estimate of drug-likeness (QED) is 0.301. The van der Waals surface area contributed by atoms with Gasteiger partial charge >= 0.3 is 6.18 Å². The van der Waals surface area contributed by atoms with E-state index in [-0.39, 0.29) is 23.1 Å². The molecule has 0 bridgehead atoms. The summed E-state index contributed by atoms with van der Waals surface area (Å²) in [6.07, 6.45) is -1.73. The molecule has 0 aliphatic carbocycles. The second-order valence-electron chi connectivity index (χ2n) is 9.01. The van der Waals surface area contributed by atoms with Crippen LogP contribution in [0, 0.1) is 0 Å². The largest absolute Gasteiger partial charge is 0.416 e. The number of amides is 1. The van der Waals surface area contributed by atoms with E-state index in [1.54, 1.807) is 48.4 Å². The van der Waals surface area contributed by atoms with E-state index in [9.17, 15) is 22.8 Å². The van der Waals surface area contributed by atoms with Gasteiger partial charge in [0.15, 0.2) is 0 Å². The fourth-order valence-corrected chi connectivity index (χ4v) is 5.26. The van der Waals surface area contributed by atoms with Crippen molar-refractivity contribution in [3.8, 4) is 5.69 Å². The zero-order chi connectivity index (χ0) is 25.6. The number of carbonyl (C=O) groups excluding carboxylic acids is 1. The molecule has 1 fully saturated rings. The van der Waals surface area contributed by atoms with Crippen molar-refractivity contribution < 1.29 is 18.0 Å². The maximum Gasteiger partial charge on any atom is 0.416 e. The van der Waals surface area contributed by atoms with E-state index in [0.29, 0.717) is 59.2 Å². The van der Waals surface area contributed by atoms with Crippen LogP contribution >= 0.6 is 11.6 Å². The predicted molar refractivity (Wildman–Crippen MR) is 134 cm³/mol. The Morgan fingerprint density at radius 2 is 1.83 bits per heavy atom. The highest BCUT2D eigenvalue weighted by Crippen LogP contribution is 2.40. The molecule has 0 spiro atoms. The summed E-state index contributed by atoms with van der Waals surface area (Å²) < 4.78 is 44.2. The number of hydrogen-bond donors (Lipinski definition) is 0. The minimum absolute atomic E-state index is 0.0111. The summed E-state index contributed by atoms with van der Waals surface area (Å²) in [6, 6.07) is 12.0. The van der Waals surface area contributed by atoms with Crippen LogP contribution in [0.3, 0.4) is 0 Å². The Kier molecular flexibility index (Phi) is 6.24. The van der Waals surface area contributed by atoms with Crippen molar-refractivity contribution in [1.29, 1.82) is 0 Å². The number of aromatic nitrogens is 2. The Balaban J connectivity index is 1.66. The number of pyridine rings is 2. The second kappa shape index (κ2) is 9.24. The van der Waals surface area contributed by atoms with E-state index in [1.807, 2.05) is 0 Å². The molecule has 1 aliphatic heterocycles. The average molecular weight is 514 g/mol. The van der Waals surface area contributed by atoms with Crippen LogP contribution in [-0.2, 0) is 11.0 Å². The molecule has 0 radical (unpaired) electrons. The van der Waals surface area contributed by atoms with Crippen LogP contribution in [-0.4, -0.2) is 33.4 Å². The zero-order valence-electron chi connectivity index (χ0n) is 19.5. The van der Waals surface area contributed by atoms with Gasteiger partial charge in [-0.05, 0) is 60.7 Å². The smallest absolute Gasteiger partial charge is 0.343 e. The third-order valence-corrected chi connectivity index (χ3v) is 7.10. The average Bonchev–Trinajstić information content (AvgIpc) is 2.87. The number of benzene rings is 2. The Morgan fingerprint density at radius 3 is 2.53 bits per heavy atom. The zero-order valence-corrected chi connectivity index (χ0v) is 20.2. The molecule has 36 heavy (non-hydrogen) atoms. The number of carbonyl (C=O) groups is 1. The van der Waals surface area contributed by atoms with Crippen LogP contribution < -0.4 is 5.56 Å². The van der Waals surface area contributed by atoms with Crippen LogP contribution in [0.1, 0.15) is 43.2 Å². The summed E-state index contributed by atoms with van der Waals surface area (Å²) in [7, 11) is 0. The molecule has 0 unspecified atom stereocenters. The molecule has 4 aromatic rings. The third-order valence-electron chi connectivity index (χ3n) is 6.87. The van der Waals surface area contributed by atoms with Crippen LogP contribution in [0.5, 0.6) is 0 Å². The molecule has 0 saturated carbocycles. The Hall–Kier alpha value is -3.39. The maximum atomic E-state index is 14.3. The van der Waals surface area contributed by atoms with E-state index in [0.717, 1.165) is 6.07 Å². The van der Waals surface area contributed by atoms with Gasteiger partial charge in [0, 0.05) is 53.3 Å². The molecule has 186 valence electrons. The van der Waals surface area contributed by atoms with Gasteiger partial charge in [0.25, 0.3) is 5.56 Å². The monoisotopic (exact) mass is 513 g/mol. The molecule has 2 aromatic heterocycles. The van der Waals surface area contributed by atoms with Crippen LogP contribution in [0.25, 0.3) is 27.5 Å². The third kappa shape index (κ3) is 4.34. The molecule has 1 aliphatic rings. The topological polar surface area (TPSA) is 55.2 Å². The molecule has 2 aromatic carbocycles. The second-order valence-corrected chi connectivity index (χ2v) is 9.44. The van der Waals surface area contributed by atoms with Gasteiger partial charge in [-0.15, -0.1) is 0 Å². The highest BCUT2D eigenvalue weighted by Gasteiger charge is 2.37. The maximum absolute atomic E-state index is 14.3. The van der Waals surface area contributed by atoms with Crippen molar-refractivity contribution in [1.82, 2.24) is 14.5 Å². The SMILES string of the molecule is CCC(=O)N1CCC(c2ccc(-n3c(=O)ccc4cnc5ccc(Cl)cc5c43)cc2C(F)(F)F)CC1. The first-order valence-corrected chi connectivity index (χ1v) is 12.1. The van der Waals surface area contributed by atoms with Crippen LogP contribution in [0.2, 0.25) is 5.02 Å². The molecular formula is C27H23ClF3N3O2. The van der Waals surface area contributed by atoms with Crippen LogP contribution in [0.4, 0.5) is 13.2 Å². The molecule has 0 N–H and O–H groups in total. The standard InChI is InChI=1S/C27H23ClF3N3O2/c1-2-24(35)33-11-9-16(10-12-33)20-6-5-19(14-22(20)27(29,30)31)34-25(36)8-3-17-15-32-23-7-4-18(28)13-21(23)26(17)34/h3-8,13-16H,2,9-12H2,1H3. The Bertz CT molecular complexity index is 1540. The molecule has 1 saturated heterocycles. The lowest BCUT2D eigenvalue weighted by molar-refractivity contribution is -0.139. The molecule has 0 atom stereocenters. The van der Waals surface area contributed by atoms with Gasteiger partial charge in [-0.1, -0.05) is 24.6 Å². The summed E-state index contributed by atoms with van der Waals surface area (Å²) in [5.41, 5.74) is 0.114. The number of hydrogen-bond acceptors (Lipinski definition) is 3. The van der Waals surface area contributed by atoms with Crippen LogP contribution in [0.15, 0.2) is 59.5 Å².